The molecule has 0 radical (unpaired) electrons. The number of aromatic nitrogens is 2. The Morgan fingerprint density at radius 1 is 1.48 bits per heavy atom. The highest BCUT2D eigenvalue weighted by atomic mass is 79.9. The maximum Gasteiger partial charge on any atom is 0.293 e. The van der Waals surface area contributed by atoms with Gasteiger partial charge in [0.25, 0.3) is 11.6 Å². The summed E-state index contributed by atoms with van der Waals surface area (Å²) in [4.78, 5) is 21.8. The Morgan fingerprint density at radius 3 is 2.67 bits per heavy atom. The normalized spacial score (nSPS) is 10.8. The summed E-state index contributed by atoms with van der Waals surface area (Å²) in [6.07, 6.45) is 1.38. The zero-order valence-corrected chi connectivity index (χ0v) is 12.4. The SMILES string of the molecule is Cc1[nH]nc(C(=O)N/N=C\c2ccc([N+](=O)[O-])cc2)c1Br. The van der Waals surface area contributed by atoms with Crippen LogP contribution in [0.5, 0.6) is 0 Å². The summed E-state index contributed by atoms with van der Waals surface area (Å²) in [6, 6.07) is 5.78. The van der Waals surface area contributed by atoms with E-state index in [2.05, 4.69) is 36.7 Å². The molecular weight excluding hydrogens is 342 g/mol. The molecule has 1 aromatic heterocycles. The third-order valence-corrected chi connectivity index (χ3v) is 3.54. The molecule has 0 aliphatic rings. The van der Waals surface area contributed by atoms with Crippen molar-refractivity contribution in [3.8, 4) is 0 Å². The molecule has 0 aliphatic heterocycles. The molecule has 0 spiro atoms. The van der Waals surface area contributed by atoms with E-state index in [0.29, 0.717) is 10.0 Å². The Balaban J connectivity index is 2.00. The maximum atomic E-state index is 11.8. The van der Waals surface area contributed by atoms with Crippen LogP contribution in [0.3, 0.4) is 0 Å². The molecule has 2 rings (SSSR count). The molecule has 1 aromatic carbocycles. The lowest BCUT2D eigenvalue weighted by Crippen LogP contribution is -2.18. The molecule has 2 aromatic rings. The van der Waals surface area contributed by atoms with Gasteiger partial charge >= 0.3 is 0 Å². The minimum atomic E-state index is -0.486. The van der Waals surface area contributed by atoms with E-state index >= 15 is 0 Å². The minimum absolute atomic E-state index is 0.00730. The van der Waals surface area contributed by atoms with Crippen molar-refractivity contribution in [2.45, 2.75) is 6.92 Å². The number of hydrogen-bond acceptors (Lipinski definition) is 5. The summed E-state index contributed by atoms with van der Waals surface area (Å²) in [7, 11) is 0. The summed E-state index contributed by atoms with van der Waals surface area (Å²) < 4.78 is 0.575. The van der Waals surface area contributed by atoms with E-state index in [1.165, 1.54) is 30.5 Å². The van der Waals surface area contributed by atoms with Crippen LogP contribution in [0.2, 0.25) is 0 Å². The molecule has 0 atom stereocenters. The van der Waals surface area contributed by atoms with Crippen LogP contribution in [0.25, 0.3) is 0 Å². The number of aromatic amines is 1. The maximum absolute atomic E-state index is 11.8. The molecule has 1 heterocycles. The van der Waals surface area contributed by atoms with Crippen molar-refractivity contribution < 1.29 is 9.72 Å². The molecule has 21 heavy (non-hydrogen) atoms. The topological polar surface area (TPSA) is 113 Å². The van der Waals surface area contributed by atoms with Gasteiger partial charge in [0.1, 0.15) is 0 Å². The number of hydrazone groups is 1. The Labute approximate surface area is 127 Å². The number of non-ortho nitro benzene ring substituents is 1. The van der Waals surface area contributed by atoms with Crippen molar-refractivity contribution >= 4 is 33.7 Å². The van der Waals surface area contributed by atoms with Crippen molar-refractivity contribution in [2.24, 2.45) is 5.10 Å². The van der Waals surface area contributed by atoms with Crippen LogP contribution >= 0.6 is 15.9 Å². The number of halogens is 1. The first-order chi connectivity index (χ1) is 9.99. The van der Waals surface area contributed by atoms with Crippen molar-refractivity contribution in [1.82, 2.24) is 15.6 Å². The fourth-order valence-corrected chi connectivity index (χ4v) is 1.82. The van der Waals surface area contributed by atoms with E-state index < -0.39 is 10.8 Å². The monoisotopic (exact) mass is 351 g/mol. The number of rotatable bonds is 4. The average molecular weight is 352 g/mol. The first-order valence-electron chi connectivity index (χ1n) is 5.77. The van der Waals surface area contributed by atoms with Crippen molar-refractivity contribution in [3.05, 3.63) is 55.8 Å². The largest absolute Gasteiger partial charge is 0.293 e. The minimum Gasteiger partial charge on any atom is -0.281 e. The number of benzene rings is 1. The van der Waals surface area contributed by atoms with Gasteiger partial charge in [-0.3, -0.25) is 20.0 Å². The number of nitro benzene ring substituents is 1. The zero-order valence-electron chi connectivity index (χ0n) is 10.8. The smallest absolute Gasteiger partial charge is 0.281 e. The number of amides is 1. The number of nitro groups is 1. The van der Waals surface area contributed by atoms with Crippen LogP contribution in [0, 0.1) is 17.0 Å². The number of nitrogens with zero attached hydrogens (tertiary/aromatic N) is 3. The van der Waals surface area contributed by atoms with Gasteiger partial charge in [-0.2, -0.15) is 10.2 Å². The highest BCUT2D eigenvalue weighted by Crippen LogP contribution is 2.17. The summed E-state index contributed by atoms with van der Waals surface area (Å²) >= 11 is 3.24. The van der Waals surface area contributed by atoms with Gasteiger partial charge in [0.2, 0.25) is 0 Å². The van der Waals surface area contributed by atoms with E-state index in [-0.39, 0.29) is 11.4 Å². The first kappa shape index (κ1) is 14.9. The van der Waals surface area contributed by atoms with Gasteiger partial charge < -0.3 is 0 Å². The van der Waals surface area contributed by atoms with Crippen molar-refractivity contribution in [2.75, 3.05) is 0 Å². The second-order valence-electron chi connectivity index (χ2n) is 4.06. The second kappa shape index (κ2) is 6.27. The van der Waals surface area contributed by atoms with Gasteiger partial charge in [-0.1, -0.05) is 0 Å². The summed E-state index contributed by atoms with van der Waals surface area (Å²) in [5.41, 5.74) is 3.88. The molecule has 0 saturated carbocycles. The van der Waals surface area contributed by atoms with Crippen LogP contribution in [-0.4, -0.2) is 27.2 Å². The number of carbonyl (C=O) groups excluding carboxylic acids is 1. The lowest BCUT2D eigenvalue weighted by atomic mass is 10.2. The van der Waals surface area contributed by atoms with Gasteiger partial charge in [-0.05, 0) is 40.5 Å². The molecule has 1 amide bonds. The molecule has 108 valence electrons. The molecule has 0 saturated heterocycles. The second-order valence-corrected chi connectivity index (χ2v) is 4.85. The average Bonchev–Trinajstić information content (AvgIpc) is 2.79. The van der Waals surface area contributed by atoms with Gasteiger partial charge in [0, 0.05) is 17.8 Å². The lowest BCUT2D eigenvalue weighted by molar-refractivity contribution is -0.384. The van der Waals surface area contributed by atoms with E-state index in [4.69, 9.17) is 0 Å². The zero-order chi connectivity index (χ0) is 15.4. The highest BCUT2D eigenvalue weighted by molar-refractivity contribution is 9.10. The molecule has 0 aliphatic carbocycles. The van der Waals surface area contributed by atoms with Gasteiger partial charge in [0.05, 0.1) is 15.6 Å². The predicted octanol–water partition coefficient (Wildman–Crippen LogP) is 2.15. The third kappa shape index (κ3) is 3.51. The van der Waals surface area contributed by atoms with E-state index in [1.54, 1.807) is 6.92 Å². The fraction of sp³-hybridized carbons (Fsp3) is 0.0833. The lowest BCUT2D eigenvalue weighted by Gasteiger charge is -1.97. The van der Waals surface area contributed by atoms with E-state index in [9.17, 15) is 14.9 Å². The van der Waals surface area contributed by atoms with Gasteiger partial charge in [-0.25, -0.2) is 5.43 Å². The number of carbonyl (C=O) groups is 1. The predicted molar refractivity (Wildman–Crippen MR) is 79.2 cm³/mol. The van der Waals surface area contributed by atoms with Crippen LogP contribution in [-0.2, 0) is 0 Å². The Kier molecular flexibility index (Phi) is 4.43. The molecule has 9 heteroatoms. The molecule has 8 nitrogen and oxygen atoms in total. The quantitative estimate of drug-likeness (QED) is 0.499. The number of hydrogen-bond donors (Lipinski definition) is 2. The van der Waals surface area contributed by atoms with Crippen molar-refractivity contribution in [3.63, 3.8) is 0 Å². The molecule has 0 fully saturated rings. The summed E-state index contributed by atoms with van der Waals surface area (Å²) in [5, 5.41) is 20.8. The molecular formula is C12H10BrN5O3. The number of aryl methyl sites for hydroxylation is 1. The van der Waals surface area contributed by atoms with E-state index in [1.807, 2.05) is 0 Å². The van der Waals surface area contributed by atoms with Gasteiger partial charge in [0.15, 0.2) is 5.69 Å². The Hall–Kier alpha value is -2.55. The Morgan fingerprint density at radius 2 is 2.14 bits per heavy atom. The Bertz CT molecular complexity index is 708. The van der Waals surface area contributed by atoms with Gasteiger partial charge in [-0.15, -0.1) is 0 Å². The first-order valence-corrected chi connectivity index (χ1v) is 6.56. The summed E-state index contributed by atoms with van der Waals surface area (Å²) in [5.74, 6) is -0.468. The van der Waals surface area contributed by atoms with Crippen LogP contribution < -0.4 is 5.43 Å². The summed E-state index contributed by atoms with van der Waals surface area (Å²) in [6.45, 7) is 1.77. The van der Waals surface area contributed by atoms with E-state index in [0.717, 1.165) is 5.69 Å². The van der Waals surface area contributed by atoms with Crippen LogP contribution in [0.15, 0.2) is 33.8 Å². The third-order valence-electron chi connectivity index (χ3n) is 2.57. The molecule has 0 bridgehead atoms. The molecule has 0 unspecified atom stereocenters. The van der Waals surface area contributed by atoms with Crippen molar-refractivity contribution in [1.29, 1.82) is 0 Å². The highest BCUT2D eigenvalue weighted by Gasteiger charge is 2.14. The van der Waals surface area contributed by atoms with Crippen LogP contribution in [0.1, 0.15) is 21.7 Å². The molecule has 2 N–H and O–H groups in total. The standard InChI is InChI=1S/C12H10BrN5O3/c1-7-10(13)11(16-15-7)12(19)17-14-6-8-2-4-9(5-3-8)18(20)21/h2-6H,1H3,(H,15,16)(H,17,19)/b14-6-. The number of H-pyrrole nitrogens is 1. The number of nitrogens with one attached hydrogen (secondary N) is 2. The van der Waals surface area contributed by atoms with Crippen LogP contribution in [0.4, 0.5) is 5.69 Å². The fourth-order valence-electron chi connectivity index (χ4n) is 1.47.